The van der Waals surface area contributed by atoms with E-state index in [1.807, 2.05) is 0 Å². The Morgan fingerprint density at radius 1 is 1.53 bits per heavy atom. The molecule has 8 nitrogen and oxygen atoms in total. The van der Waals surface area contributed by atoms with Gasteiger partial charge in [0.15, 0.2) is 15.7 Å². The summed E-state index contributed by atoms with van der Waals surface area (Å²) in [5.74, 6) is 0.770. The lowest BCUT2D eigenvalue weighted by molar-refractivity contribution is 0.318. The number of hydrogen-bond acceptors (Lipinski definition) is 7. The van der Waals surface area contributed by atoms with Gasteiger partial charge in [-0.3, -0.25) is 0 Å². The van der Waals surface area contributed by atoms with E-state index in [9.17, 15) is 8.42 Å². The molecule has 0 radical (unpaired) electrons. The summed E-state index contributed by atoms with van der Waals surface area (Å²) >= 11 is 0. The smallest absolute Gasteiger partial charge is 0.190 e. The minimum Gasteiger partial charge on any atom is -0.409 e. The lowest BCUT2D eigenvalue weighted by Gasteiger charge is -2.23. The average molecular weight is 285 g/mol. The highest BCUT2D eigenvalue weighted by molar-refractivity contribution is 7.91. The third kappa shape index (κ3) is 2.92. The van der Waals surface area contributed by atoms with Crippen molar-refractivity contribution in [1.29, 1.82) is 0 Å². The second kappa shape index (κ2) is 5.00. The summed E-state index contributed by atoms with van der Waals surface area (Å²) in [6.45, 7) is 0. The largest absolute Gasteiger partial charge is 0.409 e. The molecule has 0 bridgehead atoms. The number of sulfone groups is 1. The van der Waals surface area contributed by atoms with Crippen LogP contribution >= 0.6 is 0 Å². The third-order valence-corrected chi connectivity index (χ3v) is 4.88. The zero-order valence-electron chi connectivity index (χ0n) is 10.4. The molecule has 0 aromatic carbocycles. The van der Waals surface area contributed by atoms with Gasteiger partial charge in [-0.1, -0.05) is 5.16 Å². The quantitative estimate of drug-likeness (QED) is 0.322. The molecule has 1 unspecified atom stereocenters. The molecule has 1 aromatic heterocycles. The molecule has 1 fully saturated rings. The SMILES string of the molecule is CN(c1cnc(C(N)=NO)cn1)C1CCS(=O)(=O)C1. The summed E-state index contributed by atoms with van der Waals surface area (Å²) in [7, 11) is -1.16. The van der Waals surface area contributed by atoms with Crippen LogP contribution in [0.15, 0.2) is 17.5 Å². The van der Waals surface area contributed by atoms with Crippen molar-refractivity contribution >= 4 is 21.5 Å². The first-order valence-electron chi connectivity index (χ1n) is 5.66. The molecular weight excluding hydrogens is 270 g/mol. The van der Waals surface area contributed by atoms with E-state index in [4.69, 9.17) is 10.9 Å². The number of aromatic nitrogens is 2. The van der Waals surface area contributed by atoms with Crippen LogP contribution in [0.2, 0.25) is 0 Å². The van der Waals surface area contributed by atoms with Crippen molar-refractivity contribution in [2.45, 2.75) is 12.5 Å². The lowest BCUT2D eigenvalue weighted by Crippen LogP contribution is -2.33. The van der Waals surface area contributed by atoms with Crippen molar-refractivity contribution in [2.24, 2.45) is 10.9 Å². The van der Waals surface area contributed by atoms with Gasteiger partial charge < -0.3 is 15.8 Å². The third-order valence-electron chi connectivity index (χ3n) is 3.13. The fraction of sp³-hybridized carbons (Fsp3) is 0.500. The Kier molecular flexibility index (Phi) is 3.56. The van der Waals surface area contributed by atoms with E-state index in [2.05, 4.69) is 15.1 Å². The van der Waals surface area contributed by atoms with E-state index in [0.29, 0.717) is 12.2 Å². The molecule has 0 saturated carbocycles. The van der Waals surface area contributed by atoms with Crippen molar-refractivity contribution in [3.63, 3.8) is 0 Å². The van der Waals surface area contributed by atoms with Crippen LogP contribution in [0.5, 0.6) is 0 Å². The monoisotopic (exact) mass is 285 g/mol. The molecule has 0 aliphatic carbocycles. The second-order valence-electron chi connectivity index (χ2n) is 4.41. The molecule has 2 heterocycles. The number of amidine groups is 1. The van der Waals surface area contributed by atoms with Gasteiger partial charge in [-0.2, -0.15) is 0 Å². The number of oxime groups is 1. The van der Waals surface area contributed by atoms with E-state index < -0.39 is 9.84 Å². The van der Waals surface area contributed by atoms with Crippen LogP contribution in [0.3, 0.4) is 0 Å². The predicted molar refractivity (Wildman–Crippen MR) is 70.0 cm³/mol. The Morgan fingerprint density at radius 3 is 2.74 bits per heavy atom. The second-order valence-corrected chi connectivity index (χ2v) is 6.64. The van der Waals surface area contributed by atoms with E-state index in [1.165, 1.54) is 12.4 Å². The van der Waals surface area contributed by atoms with Gasteiger partial charge in [0.1, 0.15) is 11.5 Å². The topological polar surface area (TPSA) is 122 Å². The normalized spacial score (nSPS) is 22.4. The van der Waals surface area contributed by atoms with E-state index in [1.54, 1.807) is 11.9 Å². The molecule has 0 spiro atoms. The lowest BCUT2D eigenvalue weighted by atomic mass is 10.2. The van der Waals surface area contributed by atoms with Gasteiger partial charge in [-0.15, -0.1) is 0 Å². The molecule has 0 amide bonds. The number of anilines is 1. The summed E-state index contributed by atoms with van der Waals surface area (Å²) in [5.41, 5.74) is 5.65. The number of nitrogens with two attached hydrogens (primary N) is 1. The molecule has 1 aliphatic heterocycles. The van der Waals surface area contributed by atoms with Crippen molar-refractivity contribution in [3.05, 3.63) is 18.1 Å². The van der Waals surface area contributed by atoms with Crippen molar-refractivity contribution in [2.75, 3.05) is 23.5 Å². The molecule has 1 aromatic rings. The molecule has 1 atom stereocenters. The zero-order chi connectivity index (χ0) is 14.0. The first-order valence-corrected chi connectivity index (χ1v) is 7.48. The fourth-order valence-corrected chi connectivity index (χ4v) is 3.73. The van der Waals surface area contributed by atoms with Gasteiger partial charge in [0.25, 0.3) is 0 Å². The standard InChI is InChI=1S/C10H15N5O3S/c1-15(7-2-3-19(17,18)6-7)9-5-12-8(4-13-9)10(11)14-16/h4-5,7,16H,2-3,6H2,1H3,(H2,11,14). The average Bonchev–Trinajstić information content (AvgIpc) is 2.77. The maximum Gasteiger partial charge on any atom is 0.190 e. The van der Waals surface area contributed by atoms with Gasteiger partial charge in [-0.25, -0.2) is 18.4 Å². The van der Waals surface area contributed by atoms with Gasteiger partial charge in [-0.05, 0) is 6.42 Å². The molecule has 1 aliphatic rings. The van der Waals surface area contributed by atoms with Crippen LogP contribution in [0.4, 0.5) is 5.82 Å². The maximum atomic E-state index is 11.4. The predicted octanol–water partition coefficient (Wildman–Crippen LogP) is -0.806. The van der Waals surface area contributed by atoms with Crippen LogP contribution in [0.25, 0.3) is 0 Å². The first kappa shape index (κ1) is 13.5. The summed E-state index contributed by atoms with van der Waals surface area (Å²) in [4.78, 5) is 9.93. The van der Waals surface area contributed by atoms with Crippen molar-refractivity contribution in [3.8, 4) is 0 Å². The van der Waals surface area contributed by atoms with Crippen LogP contribution < -0.4 is 10.6 Å². The van der Waals surface area contributed by atoms with E-state index in [0.717, 1.165) is 0 Å². The van der Waals surface area contributed by atoms with Crippen molar-refractivity contribution in [1.82, 2.24) is 9.97 Å². The molecule has 19 heavy (non-hydrogen) atoms. The Hall–Kier alpha value is -1.90. The van der Waals surface area contributed by atoms with Gasteiger partial charge in [0, 0.05) is 13.1 Å². The molecule has 104 valence electrons. The molecule has 3 N–H and O–H groups in total. The highest BCUT2D eigenvalue weighted by Crippen LogP contribution is 2.20. The van der Waals surface area contributed by atoms with E-state index >= 15 is 0 Å². The van der Waals surface area contributed by atoms with Gasteiger partial charge >= 0.3 is 0 Å². The molecule has 9 heteroatoms. The number of rotatable bonds is 3. The maximum absolute atomic E-state index is 11.4. The summed E-state index contributed by atoms with van der Waals surface area (Å²) < 4.78 is 22.9. The Balaban J connectivity index is 2.14. The van der Waals surface area contributed by atoms with Crippen LogP contribution in [0.1, 0.15) is 12.1 Å². The first-order chi connectivity index (χ1) is 8.93. The van der Waals surface area contributed by atoms with Crippen LogP contribution in [-0.2, 0) is 9.84 Å². The fourth-order valence-electron chi connectivity index (χ4n) is 1.95. The molecule has 2 rings (SSSR count). The Morgan fingerprint density at radius 2 is 2.26 bits per heavy atom. The van der Waals surface area contributed by atoms with Gasteiger partial charge in [0.05, 0.1) is 23.9 Å². The molecular formula is C10H15N5O3S. The molecule has 1 saturated heterocycles. The minimum absolute atomic E-state index is 0.0889. The number of nitrogens with zero attached hydrogens (tertiary/aromatic N) is 4. The van der Waals surface area contributed by atoms with Crippen LogP contribution in [0, 0.1) is 0 Å². The zero-order valence-corrected chi connectivity index (χ0v) is 11.2. The van der Waals surface area contributed by atoms with Gasteiger partial charge in [0.2, 0.25) is 0 Å². The Bertz CT molecular complexity index is 584. The highest BCUT2D eigenvalue weighted by Gasteiger charge is 2.31. The van der Waals surface area contributed by atoms with E-state index in [-0.39, 0.29) is 29.1 Å². The summed E-state index contributed by atoms with van der Waals surface area (Å²) in [6, 6.07) is -0.0889. The summed E-state index contributed by atoms with van der Waals surface area (Å²) in [6.07, 6.45) is 3.44. The minimum atomic E-state index is -2.94. The highest BCUT2D eigenvalue weighted by atomic mass is 32.2. The summed E-state index contributed by atoms with van der Waals surface area (Å²) in [5, 5.41) is 11.3. The van der Waals surface area contributed by atoms with Crippen molar-refractivity contribution < 1.29 is 13.6 Å². The van der Waals surface area contributed by atoms with Crippen LogP contribution in [-0.4, -0.2) is 54.0 Å². The Labute approximate surface area is 110 Å². The number of hydrogen-bond donors (Lipinski definition) is 2.